The lowest BCUT2D eigenvalue weighted by Crippen LogP contribution is -2.52. The SMILES string of the molecule is CC(C)CCC(=O)[C@@H](C)[C@H]1CC[C@H]2[C@@H]3CC=C4C5(CC5)C(=O)CC[C@]4(C)[C@H]3CC[C@]12C. The summed E-state index contributed by atoms with van der Waals surface area (Å²) < 4.78 is 0. The molecule has 0 saturated heterocycles. The predicted octanol–water partition coefficient (Wildman–Crippen LogP) is 7.17. The normalized spacial score (nSPS) is 43.8. The molecular weight excluding hydrogens is 380 g/mol. The van der Waals surface area contributed by atoms with E-state index in [1.165, 1.54) is 32.1 Å². The molecule has 5 aliphatic rings. The molecule has 0 N–H and O–H groups in total. The number of ketones is 2. The molecule has 0 aromatic carbocycles. The number of hydrogen-bond donors (Lipinski definition) is 0. The summed E-state index contributed by atoms with van der Waals surface area (Å²) in [6, 6.07) is 0. The van der Waals surface area contributed by atoms with Crippen LogP contribution in [0.1, 0.15) is 105 Å². The Hall–Kier alpha value is -0.920. The third kappa shape index (κ3) is 3.09. The summed E-state index contributed by atoms with van der Waals surface area (Å²) >= 11 is 0. The second-order valence-electron chi connectivity index (χ2n) is 13.1. The zero-order valence-electron chi connectivity index (χ0n) is 20.6. The number of carbonyl (C=O) groups is 2. The molecule has 0 aromatic rings. The van der Waals surface area contributed by atoms with E-state index < -0.39 is 0 Å². The topological polar surface area (TPSA) is 34.1 Å². The van der Waals surface area contributed by atoms with Crippen LogP contribution in [0.5, 0.6) is 0 Å². The molecule has 1 spiro atoms. The molecule has 5 aliphatic carbocycles. The van der Waals surface area contributed by atoms with Crippen molar-refractivity contribution in [2.45, 2.75) is 105 Å². The smallest absolute Gasteiger partial charge is 0.143 e. The molecule has 0 aliphatic heterocycles. The molecular formula is C29H44O2. The Kier molecular flexibility index (Phi) is 5.15. The van der Waals surface area contributed by atoms with Gasteiger partial charge in [-0.2, -0.15) is 0 Å². The average Bonchev–Trinajstić information content (AvgIpc) is 3.44. The summed E-state index contributed by atoms with van der Waals surface area (Å²) in [6.45, 7) is 11.8. The Balaban J connectivity index is 1.38. The first-order chi connectivity index (χ1) is 14.6. The summed E-state index contributed by atoms with van der Waals surface area (Å²) in [5.74, 6) is 4.74. The minimum atomic E-state index is -0.0335. The van der Waals surface area contributed by atoms with Crippen molar-refractivity contribution in [3.8, 4) is 0 Å². The zero-order valence-corrected chi connectivity index (χ0v) is 20.6. The van der Waals surface area contributed by atoms with E-state index >= 15 is 0 Å². The van der Waals surface area contributed by atoms with Crippen molar-refractivity contribution in [1.82, 2.24) is 0 Å². The van der Waals surface area contributed by atoms with Gasteiger partial charge < -0.3 is 0 Å². The first kappa shape index (κ1) is 21.9. The molecule has 172 valence electrons. The molecule has 0 bridgehead atoms. The first-order valence-corrected chi connectivity index (χ1v) is 13.4. The van der Waals surface area contributed by atoms with Gasteiger partial charge in [-0.05, 0) is 98.2 Å². The molecule has 0 aromatic heterocycles. The monoisotopic (exact) mass is 424 g/mol. The maximum absolute atomic E-state index is 13.0. The fourth-order valence-electron chi connectivity index (χ4n) is 9.34. The van der Waals surface area contributed by atoms with Gasteiger partial charge in [0.15, 0.2) is 0 Å². The second-order valence-corrected chi connectivity index (χ2v) is 13.1. The molecule has 4 saturated carbocycles. The van der Waals surface area contributed by atoms with Crippen LogP contribution in [0.15, 0.2) is 11.6 Å². The van der Waals surface area contributed by atoms with Crippen LogP contribution in [0.4, 0.5) is 0 Å². The van der Waals surface area contributed by atoms with E-state index in [-0.39, 0.29) is 16.7 Å². The summed E-state index contributed by atoms with van der Waals surface area (Å²) in [6.07, 6.45) is 14.8. The van der Waals surface area contributed by atoms with E-state index in [2.05, 4.69) is 40.7 Å². The molecule has 31 heavy (non-hydrogen) atoms. The molecule has 0 radical (unpaired) electrons. The third-order valence-electron chi connectivity index (χ3n) is 11.3. The summed E-state index contributed by atoms with van der Waals surface area (Å²) in [5, 5.41) is 0. The minimum Gasteiger partial charge on any atom is -0.299 e. The van der Waals surface area contributed by atoms with Gasteiger partial charge in [-0.3, -0.25) is 9.59 Å². The number of rotatable bonds is 5. The molecule has 0 heterocycles. The van der Waals surface area contributed by atoms with Crippen LogP contribution < -0.4 is 0 Å². The maximum Gasteiger partial charge on any atom is 0.143 e. The average molecular weight is 425 g/mol. The lowest BCUT2D eigenvalue weighted by Gasteiger charge is -2.59. The fraction of sp³-hybridized carbons (Fsp3) is 0.862. The van der Waals surface area contributed by atoms with Gasteiger partial charge in [0.1, 0.15) is 11.6 Å². The highest BCUT2D eigenvalue weighted by atomic mass is 16.1. The van der Waals surface area contributed by atoms with Gasteiger partial charge in [-0.15, -0.1) is 0 Å². The van der Waals surface area contributed by atoms with Gasteiger partial charge in [0.05, 0.1) is 5.41 Å². The number of allylic oxidation sites excluding steroid dienone is 2. The second kappa shape index (κ2) is 7.29. The highest BCUT2D eigenvalue weighted by Crippen LogP contribution is 2.72. The van der Waals surface area contributed by atoms with Crippen molar-refractivity contribution < 1.29 is 9.59 Å². The summed E-state index contributed by atoms with van der Waals surface area (Å²) in [4.78, 5) is 25.8. The van der Waals surface area contributed by atoms with Crippen molar-refractivity contribution in [2.75, 3.05) is 0 Å². The predicted molar refractivity (Wildman–Crippen MR) is 125 cm³/mol. The Labute approximate surface area is 190 Å². The fourth-order valence-corrected chi connectivity index (χ4v) is 9.34. The van der Waals surface area contributed by atoms with Crippen molar-refractivity contribution in [3.63, 3.8) is 0 Å². The minimum absolute atomic E-state index is 0.0335. The number of fused-ring (bicyclic) bond motifs is 6. The van der Waals surface area contributed by atoms with E-state index in [0.29, 0.717) is 28.8 Å². The van der Waals surface area contributed by atoms with Crippen molar-refractivity contribution in [3.05, 3.63) is 11.6 Å². The molecule has 0 amide bonds. The highest BCUT2D eigenvalue weighted by molar-refractivity contribution is 5.92. The van der Waals surface area contributed by atoms with E-state index in [1.54, 1.807) is 5.57 Å². The molecule has 5 rings (SSSR count). The number of hydrogen-bond acceptors (Lipinski definition) is 2. The van der Waals surface area contributed by atoms with E-state index in [1.807, 2.05) is 0 Å². The van der Waals surface area contributed by atoms with Crippen LogP contribution >= 0.6 is 0 Å². The largest absolute Gasteiger partial charge is 0.299 e. The lowest BCUT2D eigenvalue weighted by atomic mass is 9.45. The molecule has 0 unspecified atom stereocenters. The van der Waals surface area contributed by atoms with Crippen LogP contribution in [-0.4, -0.2) is 11.6 Å². The van der Waals surface area contributed by atoms with Crippen LogP contribution in [0.3, 0.4) is 0 Å². The van der Waals surface area contributed by atoms with Gasteiger partial charge in [0, 0.05) is 18.8 Å². The van der Waals surface area contributed by atoms with Gasteiger partial charge in [-0.25, -0.2) is 0 Å². The first-order valence-electron chi connectivity index (χ1n) is 13.4. The molecule has 7 atom stereocenters. The zero-order chi connectivity index (χ0) is 22.2. The van der Waals surface area contributed by atoms with Crippen molar-refractivity contribution >= 4 is 11.6 Å². The summed E-state index contributed by atoms with van der Waals surface area (Å²) in [7, 11) is 0. The number of Topliss-reactive ketones (excluding diaryl/α,β-unsaturated/α-hetero) is 2. The van der Waals surface area contributed by atoms with Crippen LogP contribution in [0.25, 0.3) is 0 Å². The van der Waals surface area contributed by atoms with Crippen LogP contribution in [0.2, 0.25) is 0 Å². The van der Waals surface area contributed by atoms with E-state index in [9.17, 15) is 9.59 Å². The van der Waals surface area contributed by atoms with Crippen LogP contribution in [0, 0.1) is 51.8 Å². The van der Waals surface area contributed by atoms with E-state index in [0.717, 1.165) is 56.3 Å². The molecule has 2 heteroatoms. The van der Waals surface area contributed by atoms with Gasteiger partial charge in [-0.1, -0.05) is 46.3 Å². The highest BCUT2D eigenvalue weighted by Gasteiger charge is 2.65. The Morgan fingerprint density at radius 3 is 2.45 bits per heavy atom. The number of carbonyl (C=O) groups excluding carboxylic acids is 2. The van der Waals surface area contributed by atoms with Gasteiger partial charge >= 0.3 is 0 Å². The summed E-state index contributed by atoms with van der Waals surface area (Å²) in [5.41, 5.74) is 2.12. The standard InChI is InChI=1S/C29H44O2/c1-18(2)6-10-24(30)19(3)21-8-9-22-20-7-11-25-28(5,23(20)12-14-27(21,22)4)15-13-26(31)29(25)16-17-29/h11,18-23H,6-10,12-17H2,1-5H3/t19-,20-,21+,22-,23-,27+,28+/m0/s1. The molecule has 4 fully saturated rings. The van der Waals surface area contributed by atoms with Gasteiger partial charge in [0.2, 0.25) is 0 Å². The molecule has 2 nitrogen and oxygen atoms in total. The Bertz CT molecular complexity index is 802. The quantitative estimate of drug-likeness (QED) is 0.439. The maximum atomic E-state index is 13.0. The third-order valence-corrected chi connectivity index (χ3v) is 11.3. The van der Waals surface area contributed by atoms with Gasteiger partial charge in [0.25, 0.3) is 0 Å². The Morgan fingerprint density at radius 2 is 1.77 bits per heavy atom. The van der Waals surface area contributed by atoms with Crippen molar-refractivity contribution in [2.24, 2.45) is 51.8 Å². The lowest BCUT2D eigenvalue weighted by molar-refractivity contribution is -0.129. The van der Waals surface area contributed by atoms with Crippen molar-refractivity contribution in [1.29, 1.82) is 0 Å². The Morgan fingerprint density at radius 1 is 1.03 bits per heavy atom. The van der Waals surface area contributed by atoms with E-state index in [4.69, 9.17) is 0 Å². The van der Waals surface area contributed by atoms with Crippen LogP contribution in [-0.2, 0) is 9.59 Å².